The zero-order chi connectivity index (χ0) is 16.4. The van der Waals surface area contributed by atoms with E-state index in [0.29, 0.717) is 5.95 Å². The van der Waals surface area contributed by atoms with Gasteiger partial charge in [0, 0.05) is 0 Å². The molecule has 5 nitrogen and oxygen atoms in total. The molecule has 0 bridgehead atoms. The third kappa shape index (κ3) is 2.60. The second kappa shape index (κ2) is 6.12. The van der Waals surface area contributed by atoms with Crippen LogP contribution in [0.25, 0.3) is 16.5 Å². The summed E-state index contributed by atoms with van der Waals surface area (Å²) < 4.78 is 1.71. The van der Waals surface area contributed by atoms with Gasteiger partial charge in [-0.2, -0.15) is 4.68 Å². The summed E-state index contributed by atoms with van der Waals surface area (Å²) in [6.07, 6.45) is 0. The van der Waals surface area contributed by atoms with Crippen molar-refractivity contribution in [1.82, 2.24) is 20.2 Å². The molecule has 1 heterocycles. The van der Waals surface area contributed by atoms with Gasteiger partial charge in [0.05, 0.1) is 11.7 Å². The normalized spacial score (nSPS) is 12.2. The first-order valence-electron chi connectivity index (χ1n) is 7.91. The fourth-order valence-electron chi connectivity index (χ4n) is 2.92. The van der Waals surface area contributed by atoms with E-state index in [1.54, 1.807) is 4.68 Å². The summed E-state index contributed by atoms with van der Waals surface area (Å²) in [6.45, 7) is 2.12. The molecule has 0 aliphatic rings. The van der Waals surface area contributed by atoms with Crippen molar-refractivity contribution in [1.29, 1.82) is 0 Å². The number of anilines is 1. The summed E-state index contributed by atoms with van der Waals surface area (Å²) in [7, 11) is 0. The van der Waals surface area contributed by atoms with Crippen molar-refractivity contribution in [2.75, 3.05) is 5.32 Å². The van der Waals surface area contributed by atoms with Gasteiger partial charge in [0.15, 0.2) is 0 Å². The molecule has 0 fully saturated rings. The predicted octanol–water partition coefficient (Wildman–Crippen LogP) is 3.99. The molecule has 4 aromatic rings. The van der Waals surface area contributed by atoms with Gasteiger partial charge in [-0.1, -0.05) is 65.8 Å². The number of nitrogens with zero attached hydrogens (tertiary/aromatic N) is 4. The summed E-state index contributed by atoms with van der Waals surface area (Å²) in [4.78, 5) is 0. The predicted molar refractivity (Wildman–Crippen MR) is 95.1 cm³/mol. The van der Waals surface area contributed by atoms with Crippen LogP contribution < -0.4 is 5.32 Å². The van der Waals surface area contributed by atoms with Crippen LogP contribution in [-0.2, 0) is 0 Å². The molecular formula is C19H17N5. The molecule has 4 rings (SSSR count). The summed E-state index contributed by atoms with van der Waals surface area (Å²) in [5.41, 5.74) is 2.14. The topological polar surface area (TPSA) is 55.6 Å². The average molecular weight is 315 g/mol. The largest absolute Gasteiger partial charge is 0.346 e. The van der Waals surface area contributed by atoms with E-state index in [-0.39, 0.29) is 6.04 Å². The quantitative estimate of drug-likeness (QED) is 0.619. The standard InChI is InChI=1S/C19H17N5/c1-14(17-13-7-9-15-8-5-6-12-18(15)17)20-19-21-22-23-24(19)16-10-3-2-4-11-16/h2-14H,1H3,(H,20,21,23)/t14-/m1/s1. The van der Waals surface area contributed by atoms with Gasteiger partial charge >= 0.3 is 0 Å². The van der Waals surface area contributed by atoms with Crippen LogP contribution in [0.3, 0.4) is 0 Å². The number of hydrogen-bond acceptors (Lipinski definition) is 4. The SMILES string of the molecule is C[C@@H](Nc1nnnn1-c1ccccc1)c1cccc2ccccc12. The smallest absolute Gasteiger partial charge is 0.248 e. The monoisotopic (exact) mass is 315 g/mol. The number of benzene rings is 3. The van der Waals surface area contributed by atoms with Crippen LogP contribution in [0.15, 0.2) is 72.8 Å². The van der Waals surface area contributed by atoms with Crippen LogP contribution in [0.5, 0.6) is 0 Å². The van der Waals surface area contributed by atoms with Crippen molar-refractivity contribution in [3.05, 3.63) is 78.4 Å². The fourth-order valence-corrected chi connectivity index (χ4v) is 2.92. The third-order valence-electron chi connectivity index (χ3n) is 4.11. The Hall–Kier alpha value is -3.21. The van der Waals surface area contributed by atoms with E-state index in [1.807, 2.05) is 30.3 Å². The maximum absolute atomic E-state index is 4.13. The Morgan fingerprint density at radius 1 is 0.875 bits per heavy atom. The molecule has 1 aromatic heterocycles. The number of para-hydroxylation sites is 1. The minimum absolute atomic E-state index is 0.0737. The summed E-state index contributed by atoms with van der Waals surface area (Å²) in [5, 5.41) is 17.9. The summed E-state index contributed by atoms with van der Waals surface area (Å²) in [5.74, 6) is 0.627. The molecule has 0 amide bonds. The molecule has 1 N–H and O–H groups in total. The molecule has 0 saturated heterocycles. The van der Waals surface area contributed by atoms with Crippen molar-refractivity contribution >= 4 is 16.7 Å². The highest BCUT2D eigenvalue weighted by molar-refractivity contribution is 5.86. The van der Waals surface area contributed by atoms with Gasteiger partial charge in [-0.05, 0) is 45.8 Å². The fraction of sp³-hybridized carbons (Fsp3) is 0.105. The van der Waals surface area contributed by atoms with Crippen molar-refractivity contribution in [3.63, 3.8) is 0 Å². The molecule has 0 aliphatic carbocycles. The first-order chi connectivity index (χ1) is 11.8. The second-order valence-electron chi connectivity index (χ2n) is 5.68. The van der Waals surface area contributed by atoms with Crippen molar-refractivity contribution < 1.29 is 0 Å². The molecule has 0 radical (unpaired) electrons. The maximum Gasteiger partial charge on any atom is 0.248 e. The Morgan fingerprint density at radius 3 is 2.50 bits per heavy atom. The molecule has 0 aliphatic heterocycles. The molecule has 118 valence electrons. The Kier molecular flexibility index (Phi) is 3.67. The lowest BCUT2D eigenvalue weighted by Gasteiger charge is -2.17. The molecule has 5 heteroatoms. The van der Waals surface area contributed by atoms with Crippen LogP contribution in [0.4, 0.5) is 5.95 Å². The minimum Gasteiger partial charge on any atom is -0.346 e. The van der Waals surface area contributed by atoms with Gasteiger partial charge in [0.2, 0.25) is 5.95 Å². The molecular weight excluding hydrogens is 298 g/mol. The zero-order valence-electron chi connectivity index (χ0n) is 13.3. The minimum atomic E-state index is 0.0737. The molecule has 0 spiro atoms. The maximum atomic E-state index is 4.13. The lowest BCUT2D eigenvalue weighted by atomic mass is 10.00. The van der Waals surface area contributed by atoms with E-state index in [9.17, 15) is 0 Å². The second-order valence-corrected chi connectivity index (χ2v) is 5.68. The van der Waals surface area contributed by atoms with Crippen molar-refractivity contribution in [2.45, 2.75) is 13.0 Å². The van der Waals surface area contributed by atoms with E-state index in [4.69, 9.17) is 0 Å². The van der Waals surface area contributed by atoms with Gasteiger partial charge in [-0.15, -0.1) is 0 Å². The number of fused-ring (bicyclic) bond motifs is 1. The van der Waals surface area contributed by atoms with E-state index < -0.39 is 0 Å². The Balaban J connectivity index is 1.68. The number of nitrogens with one attached hydrogen (secondary N) is 1. The molecule has 1 atom stereocenters. The molecule has 0 unspecified atom stereocenters. The highest BCUT2D eigenvalue weighted by Crippen LogP contribution is 2.26. The average Bonchev–Trinajstić information content (AvgIpc) is 3.10. The Bertz CT molecular complexity index is 956. The Morgan fingerprint density at radius 2 is 1.62 bits per heavy atom. The van der Waals surface area contributed by atoms with Gasteiger partial charge in [-0.25, -0.2) is 0 Å². The summed E-state index contributed by atoms with van der Waals surface area (Å²) >= 11 is 0. The zero-order valence-corrected chi connectivity index (χ0v) is 13.3. The first-order valence-corrected chi connectivity index (χ1v) is 7.91. The van der Waals surface area contributed by atoms with Crippen LogP contribution in [-0.4, -0.2) is 20.2 Å². The van der Waals surface area contributed by atoms with Gasteiger partial charge < -0.3 is 5.32 Å². The van der Waals surface area contributed by atoms with E-state index in [2.05, 4.69) is 70.2 Å². The van der Waals surface area contributed by atoms with Crippen molar-refractivity contribution in [2.24, 2.45) is 0 Å². The Labute approximate surface area is 139 Å². The van der Waals surface area contributed by atoms with Crippen LogP contribution in [0.2, 0.25) is 0 Å². The van der Waals surface area contributed by atoms with Crippen LogP contribution >= 0.6 is 0 Å². The molecule has 24 heavy (non-hydrogen) atoms. The van der Waals surface area contributed by atoms with Gasteiger partial charge in [-0.3, -0.25) is 0 Å². The third-order valence-corrected chi connectivity index (χ3v) is 4.11. The number of rotatable bonds is 4. The highest BCUT2D eigenvalue weighted by atomic mass is 15.6. The van der Waals surface area contributed by atoms with Gasteiger partial charge in [0.25, 0.3) is 0 Å². The lowest BCUT2D eigenvalue weighted by molar-refractivity contribution is 0.781. The van der Waals surface area contributed by atoms with E-state index >= 15 is 0 Å². The first kappa shape index (κ1) is 14.4. The summed E-state index contributed by atoms with van der Waals surface area (Å²) in [6, 6.07) is 24.7. The van der Waals surface area contributed by atoms with Gasteiger partial charge in [0.1, 0.15) is 0 Å². The number of tetrazole rings is 1. The molecule has 3 aromatic carbocycles. The van der Waals surface area contributed by atoms with Crippen LogP contribution in [0, 0.1) is 0 Å². The van der Waals surface area contributed by atoms with Crippen LogP contribution in [0.1, 0.15) is 18.5 Å². The van der Waals surface area contributed by atoms with E-state index in [0.717, 1.165) is 5.69 Å². The van der Waals surface area contributed by atoms with Crippen molar-refractivity contribution in [3.8, 4) is 5.69 Å². The van der Waals surface area contributed by atoms with E-state index in [1.165, 1.54) is 16.3 Å². The number of aromatic nitrogens is 4. The highest BCUT2D eigenvalue weighted by Gasteiger charge is 2.14. The lowest BCUT2D eigenvalue weighted by Crippen LogP contribution is -2.12. The molecule has 0 saturated carbocycles. The number of hydrogen-bond donors (Lipinski definition) is 1.